The molecule has 4 amide bonds. The molecule has 0 radical (unpaired) electrons. The maximum absolute atomic E-state index is 11.8. The van der Waals surface area contributed by atoms with Gasteiger partial charge < -0.3 is 4.42 Å². The molecule has 90 valence electrons. The van der Waals surface area contributed by atoms with Crippen LogP contribution in [-0.4, -0.2) is 29.4 Å². The third-order valence-electron chi connectivity index (χ3n) is 2.32. The Morgan fingerprint density at radius 3 is 2.65 bits per heavy atom. The minimum atomic E-state index is -0.638. The Kier molecular flexibility index (Phi) is 2.58. The molecule has 7 nitrogen and oxygen atoms in total. The van der Waals surface area contributed by atoms with E-state index >= 15 is 0 Å². The van der Waals surface area contributed by atoms with Crippen molar-refractivity contribution in [2.24, 2.45) is 0 Å². The number of nitrogens with one attached hydrogen (secondary N) is 2. The first-order chi connectivity index (χ1) is 7.97. The molecule has 2 rings (SSSR count). The first kappa shape index (κ1) is 11.2. The van der Waals surface area contributed by atoms with Gasteiger partial charge in [0.1, 0.15) is 18.1 Å². The number of imide groups is 1. The topological polar surface area (TPSA) is 91.7 Å². The summed E-state index contributed by atoms with van der Waals surface area (Å²) in [5.74, 6) is 0.139. The molecule has 1 aliphatic rings. The summed E-state index contributed by atoms with van der Waals surface area (Å²) >= 11 is 0. The molecule has 17 heavy (non-hydrogen) atoms. The maximum Gasteiger partial charge on any atom is 0.343 e. The van der Waals surface area contributed by atoms with Crippen LogP contribution in [0.2, 0.25) is 0 Å². The second kappa shape index (κ2) is 3.93. The SMILES string of the molecule is Cc1cc(C(=O)NN2CC(=O)NC2=O)c(C)o1. The van der Waals surface area contributed by atoms with Gasteiger partial charge in [-0.2, -0.15) is 0 Å². The summed E-state index contributed by atoms with van der Waals surface area (Å²) in [6, 6.07) is 0.932. The van der Waals surface area contributed by atoms with Crippen molar-refractivity contribution >= 4 is 17.8 Å². The number of carbonyl (C=O) groups excluding carboxylic acids is 3. The molecule has 2 heterocycles. The van der Waals surface area contributed by atoms with Crippen molar-refractivity contribution in [3.8, 4) is 0 Å². The second-order valence-electron chi connectivity index (χ2n) is 3.71. The van der Waals surface area contributed by atoms with Crippen molar-refractivity contribution < 1.29 is 18.8 Å². The Hall–Kier alpha value is -2.31. The number of hydrazine groups is 1. The molecule has 0 saturated carbocycles. The zero-order valence-electron chi connectivity index (χ0n) is 9.36. The van der Waals surface area contributed by atoms with E-state index in [9.17, 15) is 14.4 Å². The Labute approximate surface area is 96.7 Å². The first-order valence-electron chi connectivity index (χ1n) is 4.96. The van der Waals surface area contributed by atoms with Crippen molar-refractivity contribution in [2.75, 3.05) is 6.54 Å². The molecule has 0 bridgehead atoms. The van der Waals surface area contributed by atoms with Gasteiger partial charge in [-0.3, -0.25) is 20.3 Å². The zero-order valence-corrected chi connectivity index (χ0v) is 9.36. The maximum atomic E-state index is 11.8. The lowest BCUT2D eigenvalue weighted by Crippen LogP contribution is -2.44. The lowest BCUT2D eigenvalue weighted by molar-refractivity contribution is -0.118. The molecule has 1 saturated heterocycles. The Morgan fingerprint density at radius 1 is 1.47 bits per heavy atom. The molecule has 0 atom stereocenters. The molecule has 1 fully saturated rings. The summed E-state index contributed by atoms with van der Waals surface area (Å²) < 4.78 is 5.20. The Bertz CT molecular complexity index is 506. The molecule has 1 aromatic rings. The van der Waals surface area contributed by atoms with Crippen LogP contribution in [0.15, 0.2) is 10.5 Å². The smallest absolute Gasteiger partial charge is 0.343 e. The van der Waals surface area contributed by atoms with Crippen LogP contribution in [0.3, 0.4) is 0 Å². The molecule has 0 spiro atoms. The average molecular weight is 237 g/mol. The van der Waals surface area contributed by atoms with Gasteiger partial charge in [0.05, 0.1) is 5.56 Å². The highest BCUT2D eigenvalue weighted by Crippen LogP contribution is 2.13. The minimum Gasteiger partial charge on any atom is -0.466 e. The predicted octanol–water partition coefficient (Wildman–Crippen LogP) is 0.0930. The predicted molar refractivity (Wildman–Crippen MR) is 55.9 cm³/mol. The molecule has 0 aromatic carbocycles. The molecule has 1 aliphatic heterocycles. The van der Waals surface area contributed by atoms with E-state index in [2.05, 4.69) is 10.7 Å². The first-order valence-corrected chi connectivity index (χ1v) is 4.96. The van der Waals surface area contributed by atoms with Crippen molar-refractivity contribution in [2.45, 2.75) is 13.8 Å². The van der Waals surface area contributed by atoms with E-state index < -0.39 is 17.8 Å². The largest absolute Gasteiger partial charge is 0.466 e. The third kappa shape index (κ3) is 2.12. The van der Waals surface area contributed by atoms with Gasteiger partial charge >= 0.3 is 6.03 Å². The van der Waals surface area contributed by atoms with E-state index in [1.165, 1.54) is 0 Å². The van der Waals surface area contributed by atoms with Gasteiger partial charge in [-0.05, 0) is 19.9 Å². The number of nitrogens with zero attached hydrogens (tertiary/aromatic N) is 1. The van der Waals surface area contributed by atoms with Crippen molar-refractivity contribution in [1.82, 2.24) is 15.8 Å². The second-order valence-corrected chi connectivity index (χ2v) is 3.71. The highest BCUT2D eigenvalue weighted by Gasteiger charge is 2.29. The van der Waals surface area contributed by atoms with E-state index in [0.717, 1.165) is 5.01 Å². The summed E-state index contributed by atoms with van der Waals surface area (Å²) in [5, 5.41) is 2.98. The number of rotatable bonds is 2. The Balaban J connectivity index is 2.10. The molecule has 0 aliphatic carbocycles. The van der Waals surface area contributed by atoms with Gasteiger partial charge in [0.2, 0.25) is 5.91 Å². The highest BCUT2D eigenvalue weighted by molar-refractivity contribution is 6.04. The monoisotopic (exact) mass is 237 g/mol. The van der Waals surface area contributed by atoms with Gasteiger partial charge in [0, 0.05) is 0 Å². The highest BCUT2D eigenvalue weighted by atomic mass is 16.3. The van der Waals surface area contributed by atoms with Gasteiger partial charge in [0.25, 0.3) is 5.91 Å². The van der Waals surface area contributed by atoms with Crippen LogP contribution >= 0.6 is 0 Å². The zero-order chi connectivity index (χ0) is 12.6. The number of hydrogen-bond donors (Lipinski definition) is 2. The summed E-state index contributed by atoms with van der Waals surface area (Å²) in [7, 11) is 0. The molecular formula is C10H11N3O4. The van der Waals surface area contributed by atoms with Crippen LogP contribution in [0.5, 0.6) is 0 Å². The van der Waals surface area contributed by atoms with Gasteiger partial charge in [-0.25, -0.2) is 9.80 Å². The summed E-state index contributed by atoms with van der Waals surface area (Å²) in [6.07, 6.45) is 0. The number of aryl methyl sites for hydroxylation is 2. The fourth-order valence-corrected chi connectivity index (χ4v) is 1.57. The Morgan fingerprint density at radius 2 is 2.18 bits per heavy atom. The van der Waals surface area contributed by atoms with E-state index in [0.29, 0.717) is 17.1 Å². The van der Waals surface area contributed by atoms with Crippen LogP contribution in [0.25, 0.3) is 0 Å². The normalized spacial score (nSPS) is 15.1. The average Bonchev–Trinajstić information content (AvgIpc) is 2.70. The molecular weight excluding hydrogens is 226 g/mol. The summed E-state index contributed by atoms with van der Waals surface area (Å²) in [6.45, 7) is 3.19. The fourth-order valence-electron chi connectivity index (χ4n) is 1.57. The lowest BCUT2D eigenvalue weighted by Gasteiger charge is -2.13. The fraction of sp³-hybridized carbons (Fsp3) is 0.300. The molecule has 7 heteroatoms. The van der Waals surface area contributed by atoms with E-state index in [1.54, 1.807) is 19.9 Å². The van der Waals surface area contributed by atoms with Crippen molar-refractivity contribution in [3.05, 3.63) is 23.2 Å². The minimum absolute atomic E-state index is 0.180. The van der Waals surface area contributed by atoms with Crippen LogP contribution in [0, 0.1) is 13.8 Å². The van der Waals surface area contributed by atoms with E-state index in [1.807, 2.05) is 0 Å². The molecule has 1 aromatic heterocycles. The van der Waals surface area contributed by atoms with Crippen LogP contribution in [0.4, 0.5) is 4.79 Å². The molecule has 0 unspecified atom stereocenters. The summed E-state index contributed by atoms with van der Waals surface area (Å²) in [4.78, 5) is 33.9. The number of hydrogen-bond acceptors (Lipinski definition) is 4. The number of furan rings is 1. The number of amides is 4. The van der Waals surface area contributed by atoms with E-state index in [-0.39, 0.29) is 6.54 Å². The standard InChI is InChI=1S/C10H11N3O4/c1-5-3-7(6(2)17-5)9(15)12-13-4-8(14)11-10(13)16/h3H,4H2,1-2H3,(H,12,15)(H,11,14,16). The van der Waals surface area contributed by atoms with Gasteiger partial charge in [-0.1, -0.05) is 0 Å². The third-order valence-corrected chi connectivity index (χ3v) is 2.32. The van der Waals surface area contributed by atoms with Crippen LogP contribution in [0.1, 0.15) is 21.9 Å². The van der Waals surface area contributed by atoms with Crippen LogP contribution < -0.4 is 10.7 Å². The van der Waals surface area contributed by atoms with Crippen molar-refractivity contribution in [3.63, 3.8) is 0 Å². The lowest BCUT2D eigenvalue weighted by atomic mass is 10.2. The number of carbonyl (C=O) groups is 3. The van der Waals surface area contributed by atoms with Gasteiger partial charge in [0.15, 0.2) is 0 Å². The quantitative estimate of drug-likeness (QED) is 0.713. The van der Waals surface area contributed by atoms with E-state index in [4.69, 9.17) is 4.42 Å². The van der Waals surface area contributed by atoms with Crippen molar-refractivity contribution in [1.29, 1.82) is 0 Å². The number of urea groups is 1. The van der Waals surface area contributed by atoms with Gasteiger partial charge in [-0.15, -0.1) is 0 Å². The summed E-state index contributed by atoms with van der Waals surface area (Å²) in [5.41, 5.74) is 2.67. The molecule has 2 N–H and O–H groups in total. The van der Waals surface area contributed by atoms with Crippen LogP contribution in [-0.2, 0) is 4.79 Å².